The van der Waals surface area contributed by atoms with E-state index in [-0.39, 0.29) is 17.8 Å². The standard InChI is InChI=1S/C16H25NO3/c18-15(6-11-7-16(19)20-10-11)17-9-13-8-14(13)12-4-2-1-3-5-12/h11-14H,1-10H2,(H,17,18)/t11-,13-,14-/m0/s1. The Labute approximate surface area is 120 Å². The van der Waals surface area contributed by atoms with Gasteiger partial charge in [-0.25, -0.2) is 0 Å². The van der Waals surface area contributed by atoms with Gasteiger partial charge in [0, 0.05) is 18.9 Å². The lowest BCUT2D eigenvalue weighted by molar-refractivity contribution is -0.138. The van der Waals surface area contributed by atoms with Gasteiger partial charge in [-0.1, -0.05) is 32.1 Å². The number of esters is 1. The van der Waals surface area contributed by atoms with Crippen molar-refractivity contribution in [3.63, 3.8) is 0 Å². The average Bonchev–Trinajstić information content (AvgIpc) is 3.13. The molecule has 2 saturated carbocycles. The average molecular weight is 279 g/mol. The molecule has 1 N–H and O–H groups in total. The summed E-state index contributed by atoms with van der Waals surface area (Å²) >= 11 is 0. The largest absolute Gasteiger partial charge is 0.465 e. The van der Waals surface area contributed by atoms with Gasteiger partial charge in [0.2, 0.25) is 5.91 Å². The van der Waals surface area contributed by atoms with E-state index in [1.807, 2.05) is 0 Å². The monoisotopic (exact) mass is 279 g/mol. The molecule has 1 aliphatic heterocycles. The molecule has 0 bridgehead atoms. The van der Waals surface area contributed by atoms with Crippen LogP contribution in [0.5, 0.6) is 0 Å². The summed E-state index contributed by atoms with van der Waals surface area (Å²) in [6.45, 7) is 1.25. The van der Waals surface area contributed by atoms with E-state index in [0.29, 0.717) is 25.4 Å². The molecule has 0 aromatic rings. The van der Waals surface area contributed by atoms with E-state index in [1.54, 1.807) is 0 Å². The van der Waals surface area contributed by atoms with Crippen molar-refractivity contribution in [1.29, 1.82) is 0 Å². The minimum atomic E-state index is -0.164. The van der Waals surface area contributed by atoms with Gasteiger partial charge in [-0.3, -0.25) is 9.59 Å². The Morgan fingerprint density at radius 2 is 2.05 bits per heavy atom. The van der Waals surface area contributed by atoms with Gasteiger partial charge in [-0.05, 0) is 24.2 Å². The molecule has 3 fully saturated rings. The van der Waals surface area contributed by atoms with Crippen LogP contribution in [0.2, 0.25) is 0 Å². The highest BCUT2D eigenvalue weighted by molar-refractivity contribution is 5.78. The predicted molar refractivity (Wildman–Crippen MR) is 74.9 cm³/mol. The number of carbonyl (C=O) groups is 2. The summed E-state index contributed by atoms with van der Waals surface area (Å²) in [6.07, 6.45) is 9.15. The molecule has 0 aromatic carbocycles. The first-order chi connectivity index (χ1) is 9.72. The second-order valence-electron chi connectivity index (χ2n) is 6.82. The van der Waals surface area contributed by atoms with E-state index in [9.17, 15) is 9.59 Å². The van der Waals surface area contributed by atoms with Crippen molar-refractivity contribution in [1.82, 2.24) is 5.32 Å². The number of carbonyl (C=O) groups excluding carboxylic acids is 2. The van der Waals surface area contributed by atoms with Crippen molar-refractivity contribution in [2.45, 2.75) is 51.4 Å². The van der Waals surface area contributed by atoms with Crippen LogP contribution in [0.15, 0.2) is 0 Å². The van der Waals surface area contributed by atoms with Crippen LogP contribution in [-0.4, -0.2) is 25.0 Å². The van der Waals surface area contributed by atoms with E-state index in [1.165, 1.54) is 38.5 Å². The van der Waals surface area contributed by atoms with Crippen LogP contribution in [-0.2, 0) is 14.3 Å². The molecule has 2 aliphatic carbocycles. The van der Waals surface area contributed by atoms with Gasteiger partial charge >= 0.3 is 5.97 Å². The number of ether oxygens (including phenoxy) is 1. The fraction of sp³-hybridized carbons (Fsp3) is 0.875. The van der Waals surface area contributed by atoms with Gasteiger partial charge in [0.1, 0.15) is 0 Å². The van der Waals surface area contributed by atoms with E-state index in [2.05, 4.69) is 5.32 Å². The zero-order valence-corrected chi connectivity index (χ0v) is 12.1. The fourth-order valence-electron chi connectivity index (χ4n) is 3.92. The number of amides is 1. The molecule has 0 unspecified atom stereocenters. The SMILES string of the molecule is O=C(C[C@@H]1COC(=O)C1)NC[C@@H]1C[C@H]1C1CCCCC1. The molecule has 112 valence electrons. The number of cyclic esters (lactones) is 1. The predicted octanol–water partition coefficient (Wildman–Crippen LogP) is 2.27. The first-order valence-corrected chi connectivity index (χ1v) is 8.14. The number of hydrogen-bond donors (Lipinski definition) is 1. The van der Waals surface area contributed by atoms with Crippen LogP contribution >= 0.6 is 0 Å². The minimum Gasteiger partial charge on any atom is -0.465 e. The summed E-state index contributed by atoms with van der Waals surface area (Å²) < 4.78 is 4.88. The number of hydrogen-bond acceptors (Lipinski definition) is 3. The molecule has 1 saturated heterocycles. The van der Waals surface area contributed by atoms with E-state index in [0.717, 1.165) is 18.4 Å². The van der Waals surface area contributed by atoms with E-state index >= 15 is 0 Å². The normalized spacial score (nSPS) is 33.8. The van der Waals surface area contributed by atoms with Gasteiger partial charge in [0.05, 0.1) is 13.0 Å². The molecular formula is C16H25NO3. The van der Waals surface area contributed by atoms with Crippen molar-refractivity contribution in [2.24, 2.45) is 23.7 Å². The Bertz CT molecular complexity index is 376. The molecule has 1 heterocycles. The molecule has 0 radical (unpaired) electrons. The summed E-state index contributed by atoms with van der Waals surface area (Å²) in [5.74, 6) is 2.52. The Morgan fingerprint density at radius 3 is 2.75 bits per heavy atom. The third-order valence-corrected chi connectivity index (χ3v) is 5.20. The molecular weight excluding hydrogens is 254 g/mol. The molecule has 4 nitrogen and oxygen atoms in total. The van der Waals surface area contributed by atoms with Gasteiger partial charge < -0.3 is 10.1 Å². The third kappa shape index (κ3) is 3.53. The maximum absolute atomic E-state index is 11.8. The van der Waals surface area contributed by atoms with Crippen LogP contribution < -0.4 is 5.32 Å². The Hall–Kier alpha value is -1.06. The minimum absolute atomic E-state index is 0.0857. The Morgan fingerprint density at radius 1 is 1.25 bits per heavy atom. The maximum Gasteiger partial charge on any atom is 0.306 e. The fourth-order valence-corrected chi connectivity index (χ4v) is 3.92. The van der Waals surface area contributed by atoms with Crippen LogP contribution in [0, 0.1) is 23.7 Å². The molecule has 3 aliphatic rings. The van der Waals surface area contributed by atoms with E-state index in [4.69, 9.17) is 4.74 Å². The zero-order valence-electron chi connectivity index (χ0n) is 12.1. The van der Waals surface area contributed by atoms with Crippen LogP contribution in [0.25, 0.3) is 0 Å². The Kier molecular flexibility index (Phi) is 4.27. The summed E-state index contributed by atoms with van der Waals surface area (Å²) in [7, 11) is 0. The highest BCUT2D eigenvalue weighted by atomic mass is 16.5. The van der Waals surface area contributed by atoms with Gasteiger partial charge in [0.15, 0.2) is 0 Å². The Balaban J connectivity index is 1.32. The molecule has 0 spiro atoms. The van der Waals surface area contributed by atoms with Crippen molar-refractivity contribution < 1.29 is 14.3 Å². The van der Waals surface area contributed by atoms with Gasteiger partial charge in [0.25, 0.3) is 0 Å². The number of nitrogens with one attached hydrogen (secondary N) is 1. The van der Waals surface area contributed by atoms with Crippen LogP contribution in [0.1, 0.15) is 51.4 Å². The zero-order chi connectivity index (χ0) is 13.9. The summed E-state index contributed by atoms with van der Waals surface area (Å²) in [5.41, 5.74) is 0. The van der Waals surface area contributed by atoms with Crippen LogP contribution in [0.4, 0.5) is 0 Å². The molecule has 3 atom stereocenters. The van der Waals surface area contributed by atoms with Gasteiger partial charge in [-0.2, -0.15) is 0 Å². The second kappa shape index (κ2) is 6.15. The van der Waals surface area contributed by atoms with Crippen LogP contribution in [0.3, 0.4) is 0 Å². The summed E-state index contributed by atoms with van der Waals surface area (Å²) in [4.78, 5) is 22.8. The smallest absolute Gasteiger partial charge is 0.306 e. The second-order valence-corrected chi connectivity index (χ2v) is 6.82. The first kappa shape index (κ1) is 13.9. The van der Waals surface area contributed by atoms with E-state index < -0.39 is 0 Å². The van der Waals surface area contributed by atoms with Crippen molar-refractivity contribution in [3.8, 4) is 0 Å². The highest BCUT2D eigenvalue weighted by Gasteiger charge is 2.42. The molecule has 4 heteroatoms. The molecule has 1 amide bonds. The van der Waals surface area contributed by atoms with Crippen molar-refractivity contribution in [2.75, 3.05) is 13.2 Å². The third-order valence-electron chi connectivity index (χ3n) is 5.20. The number of rotatable bonds is 5. The molecule has 3 rings (SSSR count). The summed E-state index contributed by atoms with van der Waals surface area (Å²) in [5, 5.41) is 3.05. The first-order valence-electron chi connectivity index (χ1n) is 8.14. The lowest BCUT2D eigenvalue weighted by atomic mass is 9.85. The van der Waals surface area contributed by atoms with Crippen molar-refractivity contribution >= 4 is 11.9 Å². The topological polar surface area (TPSA) is 55.4 Å². The highest BCUT2D eigenvalue weighted by Crippen LogP contribution is 2.48. The quantitative estimate of drug-likeness (QED) is 0.785. The lowest BCUT2D eigenvalue weighted by Crippen LogP contribution is -2.28. The van der Waals surface area contributed by atoms with Gasteiger partial charge in [-0.15, -0.1) is 0 Å². The summed E-state index contributed by atoms with van der Waals surface area (Å²) in [6, 6.07) is 0. The maximum atomic E-state index is 11.8. The van der Waals surface area contributed by atoms with Crippen molar-refractivity contribution in [3.05, 3.63) is 0 Å². The lowest BCUT2D eigenvalue weighted by Gasteiger charge is -2.21. The molecule has 20 heavy (non-hydrogen) atoms. The molecule has 0 aromatic heterocycles.